The second-order valence-corrected chi connectivity index (χ2v) is 4.77. The number of nitrogens with zero attached hydrogens (tertiary/aromatic N) is 2. The number of carbonyl (C=O) groups is 1. The lowest BCUT2D eigenvalue weighted by Gasteiger charge is -2.37. The van der Waals surface area contributed by atoms with E-state index in [1.165, 1.54) is 6.20 Å². The lowest BCUT2D eigenvalue weighted by molar-refractivity contribution is 0.0690. The molecule has 1 aromatic rings. The Balaban J connectivity index is 3.14. The summed E-state index contributed by atoms with van der Waals surface area (Å²) in [5, 5.41) is 8.92. The minimum Gasteiger partial charge on any atom is -0.477 e. The molecule has 0 saturated carbocycles. The average Bonchev–Trinajstić information content (AvgIpc) is 2.24. The van der Waals surface area contributed by atoms with Gasteiger partial charge in [0.15, 0.2) is 0 Å². The van der Waals surface area contributed by atoms with Crippen LogP contribution in [0.25, 0.3) is 0 Å². The molecular weight excluding hydrogens is 216 g/mol. The number of aromatic nitrogens is 1. The fourth-order valence-electron chi connectivity index (χ4n) is 1.60. The molecule has 1 aromatic heterocycles. The van der Waals surface area contributed by atoms with Crippen LogP contribution in [0, 0.1) is 0 Å². The van der Waals surface area contributed by atoms with E-state index in [2.05, 4.69) is 37.2 Å². The van der Waals surface area contributed by atoms with E-state index in [0.717, 1.165) is 5.69 Å². The van der Waals surface area contributed by atoms with Crippen LogP contribution >= 0.6 is 0 Å². The number of rotatable bonds is 4. The maximum atomic E-state index is 10.9. The summed E-state index contributed by atoms with van der Waals surface area (Å²) >= 11 is 0. The number of carboxylic acids is 1. The number of aromatic carboxylic acids is 1. The maximum absolute atomic E-state index is 10.9. The minimum absolute atomic E-state index is 0.0563. The Labute approximate surface area is 102 Å². The van der Waals surface area contributed by atoms with Crippen molar-refractivity contribution < 1.29 is 9.90 Å². The molecule has 0 radical (unpaired) electrons. The highest BCUT2D eigenvalue weighted by Crippen LogP contribution is 2.23. The van der Waals surface area contributed by atoms with Crippen LogP contribution in [0.1, 0.15) is 31.3 Å². The lowest BCUT2D eigenvalue weighted by atomic mass is 10.0. The molecule has 1 heterocycles. The highest BCUT2D eigenvalue weighted by molar-refractivity contribution is 5.86. The maximum Gasteiger partial charge on any atom is 0.354 e. The predicted octanol–water partition coefficient (Wildman–Crippen LogP) is 2.57. The average molecular weight is 234 g/mol. The van der Waals surface area contributed by atoms with E-state index in [4.69, 9.17) is 5.11 Å². The van der Waals surface area contributed by atoms with Crippen LogP contribution in [-0.4, -0.2) is 28.1 Å². The first-order valence-corrected chi connectivity index (χ1v) is 5.44. The van der Waals surface area contributed by atoms with E-state index in [-0.39, 0.29) is 11.2 Å². The quantitative estimate of drug-likeness (QED) is 0.813. The van der Waals surface area contributed by atoms with Crippen LogP contribution in [0.15, 0.2) is 31.0 Å². The van der Waals surface area contributed by atoms with Crippen LogP contribution in [-0.2, 0) is 0 Å². The van der Waals surface area contributed by atoms with Gasteiger partial charge in [-0.2, -0.15) is 0 Å². The molecule has 17 heavy (non-hydrogen) atoms. The highest BCUT2D eigenvalue weighted by Gasteiger charge is 2.21. The molecular formula is C13H18N2O2. The van der Waals surface area contributed by atoms with E-state index in [9.17, 15) is 4.79 Å². The number of pyridine rings is 1. The third-order valence-corrected chi connectivity index (χ3v) is 2.40. The van der Waals surface area contributed by atoms with Crippen LogP contribution in [0.2, 0.25) is 0 Å². The first-order valence-electron chi connectivity index (χ1n) is 5.44. The van der Waals surface area contributed by atoms with Gasteiger partial charge in [-0.1, -0.05) is 6.08 Å². The van der Waals surface area contributed by atoms with E-state index in [0.29, 0.717) is 6.54 Å². The summed E-state index contributed by atoms with van der Waals surface area (Å²) < 4.78 is 0. The van der Waals surface area contributed by atoms with Gasteiger partial charge in [0.1, 0.15) is 5.69 Å². The van der Waals surface area contributed by atoms with Gasteiger partial charge < -0.3 is 10.0 Å². The first-order chi connectivity index (χ1) is 7.86. The highest BCUT2D eigenvalue weighted by atomic mass is 16.4. The van der Waals surface area contributed by atoms with Crippen LogP contribution in [0.4, 0.5) is 5.69 Å². The van der Waals surface area contributed by atoms with Crippen molar-refractivity contribution in [1.82, 2.24) is 4.98 Å². The SMILES string of the molecule is C=CCN(c1ccnc(C(=O)O)c1)C(C)(C)C. The molecule has 1 rings (SSSR count). The van der Waals surface area contributed by atoms with Crippen molar-refractivity contribution >= 4 is 11.7 Å². The van der Waals surface area contributed by atoms with Gasteiger partial charge in [0, 0.05) is 24.0 Å². The summed E-state index contributed by atoms with van der Waals surface area (Å²) in [5.74, 6) is -1.01. The van der Waals surface area contributed by atoms with Crippen molar-refractivity contribution in [3.05, 3.63) is 36.7 Å². The third-order valence-electron chi connectivity index (χ3n) is 2.40. The summed E-state index contributed by atoms with van der Waals surface area (Å²) in [7, 11) is 0. The van der Waals surface area contributed by atoms with Gasteiger partial charge in [0.05, 0.1) is 0 Å². The number of hydrogen-bond donors (Lipinski definition) is 1. The number of carboxylic acid groups (broad SMARTS) is 1. The summed E-state index contributed by atoms with van der Waals surface area (Å²) in [6.45, 7) is 10.6. The fraction of sp³-hybridized carbons (Fsp3) is 0.385. The molecule has 0 spiro atoms. The first kappa shape index (κ1) is 13.2. The molecule has 4 heteroatoms. The third kappa shape index (κ3) is 3.31. The molecule has 0 fully saturated rings. The van der Waals surface area contributed by atoms with Crippen LogP contribution in [0.3, 0.4) is 0 Å². The molecule has 0 unspecified atom stereocenters. The zero-order valence-corrected chi connectivity index (χ0v) is 10.5. The van der Waals surface area contributed by atoms with Crippen molar-refractivity contribution in [1.29, 1.82) is 0 Å². The van der Waals surface area contributed by atoms with E-state index in [1.807, 2.05) is 0 Å². The van der Waals surface area contributed by atoms with Crippen molar-refractivity contribution in [3.63, 3.8) is 0 Å². The fourth-order valence-corrected chi connectivity index (χ4v) is 1.60. The van der Waals surface area contributed by atoms with Gasteiger partial charge in [-0.05, 0) is 32.9 Å². The Kier molecular flexibility index (Phi) is 3.89. The molecule has 4 nitrogen and oxygen atoms in total. The van der Waals surface area contributed by atoms with Crippen LogP contribution < -0.4 is 4.90 Å². The summed E-state index contributed by atoms with van der Waals surface area (Å²) in [4.78, 5) is 16.8. The zero-order valence-electron chi connectivity index (χ0n) is 10.5. The molecule has 0 aromatic carbocycles. The van der Waals surface area contributed by atoms with E-state index in [1.54, 1.807) is 18.2 Å². The van der Waals surface area contributed by atoms with E-state index >= 15 is 0 Å². The Morgan fingerprint density at radius 2 is 2.24 bits per heavy atom. The molecule has 0 aliphatic heterocycles. The minimum atomic E-state index is -1.01. The topological polar surface area (TPSA) is 53.4 Å². The standard InChI is InChI=1S/C13H18N2O2/c1-5-8-15(13(2,3)4)10-6-7-14-11(9-10)12(16)17/h5-7,9H,1,8H2,2-4H3,(H,16,17). The Bertz CT molecular complexity index is 422. The predicted molar refractivity (Wildman–Crippen MR) is 68.5 cm³/mol. The van der Waals surface area contributed by atoms with Gasteiger partial charge in [0.2, 0.25) is 0 Å². The number of anilines is 1. The molecule has 92 valence electrons. The monoisotopic (exact) mass is 234 g/mol. The normalized spacial score (nSPS) is 11.0. The van der Waals surface area contributed by atoms with Crippen molar-refractivity contribution in [2.75, 3.05) is 11.4 Å². The van der Waals surface area contributed by atoms with E-state index < -0.39 is 5.97 Å². The molecule has 1 N–H and O–H groups in total. The van der Waals surface area contributed by atoms with Crippen molar-refractivity contribution in [2.24, 2.45) is 0 Å². The second-order valence-electron chi connectivity index (χ2n) is 4.77. The molecule has 0 aliphatic carbocycles. The van der Waals surface area contributed by atoms with Gasteiger partial charge in [-0.15, -0.1) is 6.58 Å². The van der Waals surface area contributed by atoms with Crippen molar-refractivity contribution in [2.45, 2.75) is 26.3 Å². The lowest BCUT2D eigenvalue weighted by Crippen LogP contribution is -2.41. The Hall–Kier alpha value is -1.84. The number of hydrogen-bond acceptors (Lipinski definition) is 3. The second kappa shape index (κ2) is 4.99. The summed E-state index contributed by atoms with van der Waals surface area (Å²) in [6.07, 6.45) is 3.31. The summed E-state index contributed by atoms with van der Waals surface area (Å²) in [5.41, 5.74) is 0.788. The van der Waals surface area contributed by atoms with Gasteiger partial charge in [0.25, 0.3) is 0 Å². The largest absolute Gasteiger partial charge is 0.477 e. The zero-order chi connectivity index (χ0) is 13.1. The van der Waals surface area contributed by atoms with Gasteiger partial charge in [-0.3, -0.25) is 0 Å². The molecule has 0 atom stereocenters. The van der Waals surface area contributed by atoms with Gasteiger partial charge >= 0.3 is 5.97 Å². The molecule has 0 aliphatic rings. The molecule has 0 amide bonds. The Morgan fingerprint density at radius 1 is 1.59 bits per heavy atom. The molecule has 0 saturated heterocycles. The summed E-state index contributed by atoms with van der Waals surface area (Å²) in [6, 6.07) is 3.39. The van der Waals surface area contributed by atoms with Crippen LogP contribution in [0.5, 0.6) is 0 Å². The Morgan fingerprint density at radius 3 is 2.71 bits per heavy atom. The van der Waals surface area contributed by atoms with Crippen molar-refractivity contribution in [3.8, 4) is 0 Å². The van der Waals surface area contributed by atoms with Gasteiger partial charge in [-0.25, -0.2) is 9.78 Å². The smallest absolute Gasteiger partial charge is 0.354 e. The molecule has 0 bridgehead atoms.